The molecule has 51 heavy (non-hydrogen) atoms. The first kappa shape index (κ1) is 39.2. The Morgan fingerprint density at radius 2 is 1.47 bits per heavy atom. The molecule has 14 heteroatoms. The molecule has 0 unspecified atom stereocenters. The molecule has 8 N–H and O–H groups in total. The van der Waals surface area contributed by atoms with Crippen LogP contribution in [0.25, 0.3) is 0 Å². The summed E-state index contributed by atoms with van der Waals surface area (Å²) in [5.41, 5.74) is 7.94. The van der Waals surface area contributed by atoms with Crippen LogP contribution in [-0.4, -0.2) is 92.0 Å². The number of halogens is 1. The third-order valence-electron chi connectivity index (χ3n) is 9.19. The third-order valence-corrected chi connectivity index (χ3v) is 9.48. The zero-order chi connectivity index (χ0) is 37.4. The van der Waals surface area contributed by atoms with E-state index < -0.39 is 73.6 Å². The summed E-state index contributed by atoms with van der Waals surface area (Å²) in [5.74, 6) is 0.945. The molecule has 2 fully saturated rings. The fourth-order valence-electron chi connectivity index (χ4n) is 6.16. The van der Waals surface area contributed by atoms with E-state index in [0.717, 1.165) is 0 Å². The maximum atomic E-state index is 11.3. The highest BCUT2D eigenvalue weighted by atomic mass is 35.5. The number of benzene rings is 3. The summed E-state index contributed by atoms with van der Waals surface area (Å²) in [4.78, 5) is 0. The summed E-state index contributed by atoms with van der Waals surface area (Å²) in [6.07, 6.45) is -11.6. The van der Waals surface area contributed by atoms with Gasteiger partial charge in [-0.1, -0.05) is 23.7 Å². The SMILES string of the molecule is Cc1cc(Oc2ccc([C@H](C)O)cc2C)c(O[C@@H]2O[C@H](CO)[C@@H](O)[C@H](O)[C@H]2O[C@H]2C[C@](C)(N)[C@H](O)[C@H](C)O2)c(Oc2ccc([C@H](C)O)cc2Cl)c1. The van der Waals surface area contributed by atoms with E-state index in [4.69, 9.17) is 45.8 Å². The van der Waals surface area contributed by atoms with Gasteiger partial charge in [0.1, 0.15) is 29.8 Å². The lowest BCUT2D eigenvalue weighted by molar-refractivity contribution is -0.333. The average molecular weight is 734 g/mol. The second-order valence-corrected chi connectivity index (χ2v) is 14.1. The molecule has 2 heterocycles. The topological polar surface area (TPSA) is 203 Å². The molecular weight excluding hydrogens is 686 g/mol. The number of aliphatic hydroxyl groups is 6. The molecule has 0 radical (unpaired) electrons. The molecule has 5 rings (SSSR count). The number of rotatable bonds is 11. The minimum Gasteiger partial charge on any atom is -0.454 e. The van der Waals surface area contributed by atoms with E-state index in [1.54, 1.807) is 76.2 Å². The average Bonchev–Trinajstić information content (AvgIpc) is 3.05. The van der Waals surface area contributed by atoms with E-state index in [-0.39, 0.29) is 34.4 Å². The molecule has 11 atom stereocenters. The van der Waals surface area contributed by atoms with Crippen molar-refractivity contribution < 1.29 is 59.1 Å². The number of hydrogen-bond donors (Lipinski definition) is 7. The summed E-state index contributed by atoms with van der Waals surface area (Å²) in [6, 6.07) is 13.4. The first-order valence-electron chi connectivity index (χ1n) is 16.8. The van der Waals surface area contributed by atoms with Crippen LogP contribution in [0.4, 0.5) is 0 Å². The Morgan fingerprint density at radius 3 is 2.02 bits per heavy atom. The molecule has 3 aromatic carbocycles. The zero-order valence-corrected chi connectivity index (χ0v) is 30.2. The number of aliphatic hydroxyl groups excluding tert-OH is 6. The van der Waals surface area contributed by atoms with Gasteiger partial charge in [0.25, 0.3) is 0 Å². The molecule has 2 saturated heterocycles. The minimum absolute atomic E-state index is 0.00818. The second-order valence-electron chi connectivity index (χ2n) is 13.7. The molecule has 2 aliphatic rings. The van der Waals surface area contributed by atoms with Crippen LogP contribution in [0.3, 0.4) is 0 Å². The Hall–Kier alpha value is -3.05. The van der Waals surface area contributed by atoms with Crippen molar-refractivity contribution in [1.29, 1.82) is 0 Å². The normalized spacial score (nSPS) is 30.8. The van der Waals surface area contributed by atoms with Gasteiger partial charge in [0.15, 0.2) is 23.9 Å². The lowest BCUT2D eigenvalue weighted by Crippen LogP contribution is -2.64. The summed E-state index contributed by atoms with van der Waals surface area (Å²) in [6.45, 7) is 9.54. The summed E-state index contributed by atoms with van der Waals surface area (Å²) >= 11 is 6.58. The summed E-state index contributed by atoms with van der Waals surface area (Å²) < 4.78 is 37.3. The maximum absolute atomic E-state index is 11.3. The van der Waals surface area contributed by atoms with Crippen molar-refractivity contribution in [2.24, 2.45) is 5.73 Å². The lowest BCUT2D eigenvalue weighted by atomic mass is 9.86. The first-order valence-corrected chi connectivity index (χ1v) is 17.2. The third kappa shape index (κ3) is 8.78. The number of nitrogens with two attached hydrogens (primary N) is 1. The monoisotopic (exact) mass is 733 g/mol. The van der Waals surface area contributed by atoms with Crippen molar-refractivity contribution in [3.05, 3.63) is 75.8 Å². The van der Waals surface area contributed by atoms with E-state index in [1.165, 1.54) is 0 Å². The van der Waals surface area contributed by atoms with Gasteiger partial charge < -0.3 is 64.8 Å². The maximum Gasteiger partial charge on any atom is 0.230 e. The second kappa shape index (κ2) is 15.9. The highest BCUT2D eigenvalue weighted by molar-refractivity contribution is 6.32. The smallest absolute Gasteiger partial charge is 0.230 e. The van der Waals surface area contributed by atoms with Crippen LogP contribution in [0, 0.1) is 13.8 Å². The number of aryl methyl sites for hydroxylation is 2. The van der Waals surface area contributed by atoms with E-state index in [1.807, 2.05) is 13.8 Å². The molecule has 3 aromatic rings. The summed E-state index contributed by atoms with van der Waals surface area (Å²) in [5, 5.41) is 63.2. The number of hydrogen-bond acceptors (Lipinski definition) is 13. The van der Waals surface area contributed by atoms with Gasteiger partial charge in [-0.2, -0.15) is 0 Å². The molecular formula is C37H48ClNO12. The predicted octanol–water partition coefficient (Wildman–Crippen LogP) is 4.06. The molecule has 13 nitrogen and oxygen atoms in total. The largest absolute Gasteiger partial charge is 0.454 e. The van der Waals surface area contributed by atoms with Crippen LogP contribution in [0.2, 0.25) is 5.02 Å². The zero-order valence-electron chi connectivity index (χ0n) is 29.4. The van der Waals surface area contributed by atoms with Crippen molar-refractivity contribution in [2.75, 3.05) is 6.61 Å². The number of ether oxygens (including phenoxy) is 6. The van der Waals surface area contributed by atoms with Crippen LogP contribution in [0.5, 0.6) is 28.7 Å². The Bertz CT molecular complexity index is 1590. The van der Waals surface area contributed by atoms with Crippen LogP contribution < -0.4 is 19.9 Å². The van der Waals surface area contributed by atoms with E-state index in [9.17, 15) is 30.6 Å². The fraction of sp³-hybridized carbons (Fsp3) is 0.514. The quantitative estimate of drug-likeness (QED) is 0.149. The molecule has 0 aromatic heterocycles. The van der Waals surface area contributed by atoms with Gasteiger partial charge in [-0.05, 0) is 100 Å². The van der Waals surface area contributed by atoms with Gasteiger partial charge >= 0.3 is 0 Å². The Labute approximate surface area is 302 Å². The Balaban J connectivity index is 1.58. The molecule has 0 aliphatic carbocycles. The molecule has 0 amide bonds. The molecule has 0 bridgehead atoms. The van der Waals surface area contributed by atoms with Crippen molar-refractivity contribution in [1.82, 2.24) is 0 Å². The standard InChI is InChI=1S/C37H48ClNO12/c1-17-11-27(47-25-9-7-22(19(3)41)13-18(25)2)33(28(12-17)48-26-10-8-23(20(4)42)14-24(26)38)51-36-34(32(44)31(43)29(16-40)49-36)50-30-15-37(6,39)35(45)21(5)46-30/h7-14,19-21,29-32,34-36,40-45H,15-16,39H2,1-6H3/t19-,20-,21-,29+,30-,31+,32-,34+,35+,36-,37-/m0/s1. The molecule has 2 aliphatic heterocycles. The van der Waals surface area contributed by atoms with Gasteiger partial charge in [0.05, 0.1) is 36.0 Å². The first-order chi connectivity index (χ1) is 24.0. The highest BCUT2D eigenvalue weighted by Crippen LogP contribution is 2.46. The van der Waals surface area contributed by atoms with E-state index >= 15 is 0 Å². The molecule has 280 valence electrons. The van der Waals surface area contributed by atoms with Crippen molar-refractivity contribution in [3.63, 3.8) is 0 Å². The fourth-order valence-corrected chi connectivity index (χ4v) is 6.39. The van der Waals surface area contributed by atoms with Crippen LogP contribution in [0.15, 0.2) is 48.5 Å². The minimum atomic E-state index is -1.63. The van der Waals surface area contributed by atoms with Gasteiger partial charge in [-0.15, -0.1) is 0 Å². The van der Waals surface area contributed by atoms with Crippen molar-refractivity contribution in [2.45, 2.75) is 115 Å². The van der Waals surface area contributed by atoms with Crippen LogP contribution in [-0.2, 0) is 14.2 Å². The van der Waals surface area contributed by atoms with Crippen molar-refractivity contribution >= 4 is 11.6 Å². The van der Waals surface area contributed by atoms with Gasteiger partial charge in [0.2, 0.25) is 12.0 Å². The van der Waals surface area contributed by atoms with E-state index in [2.05, 4.69) is 0 Å². The van der Waals surface area contributed by atoms with Gasteiger partial charge in [-0.25, -0.2) is 0 Å². The van der Waals surface area contributed by atoms with Crippen LogP contribution >= 0.6 is 11.6 Å². The van der Waals surface area contributed by atoms with Gasteiger partial charge in [-0.3, -0.25) is 0 Å². The van der Waals surface area contributed by atoms with Gasteiger partial charge in [0, 0.05) is 12.0 Å². The molecule has 0 spiro atoms. The lowest BCUT2D eigenvalue weighted by Gasteiger charge is -2.47. The Morgan fingerprint density at radius 1 is 0.882 bits per heavy atom. The van der Waals surface area contributed by atoms with Crippen molar-refractivity contribution in [3.8, 4) is 28.7 Å². The highest BCUT2D eigenvalue weighted by Gasteiger charge is 2.50. The summed E-state index contributed by atoms with van der Waals surface area (Å²) in [7, 11) is 0. The van der Waals surface area contributed by atoms with Crippen LogP contribution in [0.1, 0.15) is 68.6 Å². The predicted molar refractivity (Wildman–Crippen MR) is 186 cm³/mol. The van der Waals surface area contributed by atoms with E-state index in [0.29, 0.717) is 28.0 Å². The molecule has 0 saturated carbocycles. The Kier molecular flexibility index (Phi) is 12.2.